The first-order valence-electron chi connectivity index (χ1n) is 6.66. The lowest BCUT2D eigenvalue weighted by Crippen LogP contribution is -2.35. The van der Waals surface area contributed by atoms with Gasteiger partial charge in [-0.05, 0) is 25.0 Å². The van der Waals surface area contributed by atoms with Crippen LogP contribution in [0.2, 0.25) is 10.0 Å². The SMILES string of the molecule is Cc1ccccc1C(C)NC(=O)Cn1ncc(Cl)c(Cl)c1=O. The molecule has 0 aliphatic carbocycles. The first kappa shape index (κ1) is 16.5. The van der Waals surface area contributed by atoms with E-state index in [-0.39, 0.29) is 28.5 Å². The van der Waals surface area contributed by atoms with Crippen LogP contribution < -0.4 is 10.9 Å². The van der Waals surface area contributed by atoms with Crippen molar-refractivity contribution in [3.63, 3.8) is 0 Å². The predicted molar refractivity (Wildman–Crippen MR) is 86.3 cm³/mol. The zero-order valence-electron chi connectivity index (χ0n) is 12.1. The lowest BCUT2D eigenvalue weighted by molar-refractivity contribution is -0.122. The molecule has 1 atom stereocenters. The van der Waals surface area contributed by atoms with Crippen molar-refractivity contribution in [3.8, 4) is 0 Å². The molecule has 0 aliphatic rings. The van der Waals surface area contributed by atoms with Gasteiger partial charge in [0.05, 0.1) is 17.3 Å². The van der Waals surface area contributed by atoms with Gasteiger partial charge in [-0.1, -0.05) is 47.5 Å². The monoisotopic (exact) mass is 339 g/mol. The van der Waals surface area contributed by atoms with Crippen molar-refractivity contribution in [2.24, 2.45) is 0 Å². The van der Waals surface area contributed by atoms with E-state index in [0.717, 1.165) is 15.8 Å². The molecule has 1 unspecified atom stereocenters. The molecule has 2 aromatic rings. The number of amides is 1. The Hall–Kier alpha value is -1.85. The lowest BCUT2D eigenvalue weighted by atomic mass is 10.0. The van der Waals surface area contributed by atoms with E-state index in [0.29, 0.717) is 0 Å². The van der Waals surface area contributed by atoms with Gasteiger partial charge in [-0.25, -0.2) is 4.68 Å². The highest BCUT2D eigenvalue weighted by molar-refractivity contribution is 6.41. The van der Waals surface area contributed by atoms with Crippen molar-refractivity contribution in [3.05, 3.63) is 62.0 Å². The van der Waals surface area contributed by atoms with Crippen LogP contribution in [-0.2, 0) is 11.3 Å². The number of rotatable bonds is 4. The Morgan fingerprint density at radius 1 is 1.36 bits per heavy atom. The van der Waals surface area contributed by atoms with Gasteiger partial charge in [-0.3, -0.25) is 9.59 Å². The third-order valence-electron chi connectivity index (χ3n) is 3.27. The number of nitrogens with zero attached hydrogens (tertiary/aromatic N) is 2. The van der Waals surface area contributed by atoms with E-state index < -0.39 is 5.56 Å². The number of hydrogen-bond acceptors (Lipinski definition) is 3. The van der Waals surface area contributed by atoms with Crippen LogP contribution in [0.1, 0.15) is 24.1 Å². The highest BCUT2D eigenvalue weighted by Gasteiger charge is 2.14. The fraction of sp³-hybridized carbons (Fsp3) is 0.267. The zero-order valence-corrected chi connectivity index (χ0v) is 13.6. The van der Waals surface area contributed by atoms with Crippen LogP contribution in [0.3, 0.4) is 0 Å². The highest BCUT2D eigenvalue weighted by Crippen LogP contribution is 2.17. The maximum atomic E-state index is 12.1. The Bertz CT molecular complexity index is 759. The average molecular weight is 340 g/mol. The maximum Gasteiger partial charge on any atom is 0.287 e. The fourth-order valence-corrected chi connectivity index (χ4v) is 2.40. The van der Waals surface area contributed by atoms with Crippen LogP contribution in [0, 0.1) is 6.92 Å². The summed E-state index contributed by atoms with van der Waals surface area (Å²) in [6.45, 7) is 3.64. The second-order valence-electron chi connectivity index (χ2n) is 4.92. The smallest absolute Gasteiger partial charge is 0.287 e. The molecule has 1 aromatic carbocycles. The van der Waals surface area contributed by atoms with Crippen LogP contribution in [0.25, 0.3) is 0 Å². The number of benzene rings is 1. The molecule has 116 valence electrons. The Morgan fingerprint density at radius 3 is 2.73 bits per heavy atom. The standard InChI is InChI=1S/C15H15Cl2N3O2/c1-9-5-3-4-6-11(9)10(2)19-13(21)8-20-15(22)14(17)12(16)7-18-20/h3-7,10H,8H2,1-2H3,(H,19,21). The Balaban J connectivity index is 2.09. The van der Waals surface area contributed by atoms with Crippen molar-refractivity contribution in [2.75, 3.05) is 0 Å². The number of halogens is 2. The van der Waals surface area contributed by atoms with E-state index >= 15 is 0 Å². The van der Waals surface area contributed by atoms with E-state index in [1.807, 2.05) is 38.1 Å². The molecule has 0 bridgehead atoms. The van der Waals surface area contributed by atoms with Gasteiger partial charge in [-0.2, -0.15) is 5.10 Å². The normalized spacial score (nSPS) is 12.0. The molecule has 22 heavy (non-hydrogen) atoms. The van der Waals surface area contributed by atoms with E-state index in [1.54, 1.807) is 0 Å². The summed E-state index contributed by atoms with van der Waals surface area (Å²) in [5, 5.41) is 6.56. The number of aromatic nitrogens is 2. The van der Waals surface area contributed by atoms with Crippen molar-refractivity contribution in [2.45, 2.75) is 26.4 Å². The van der Waals surface area contributed by atoms with Gasteiger partial charge in [-0.15, -0.1) is 0 Å². The van der Waals surface area contributed by atoms with E-state index in [9.17, 15) is 9.59 Å². The summed E-state index contributed by atoms with van der Waals surface area (Å²) in [4.78, 5) is 23.9. The molecule has 0 saturated heterocycles. The maximum absolute atomic E-state index is 12.1. The van der Waals surface area contributed by atoms with Gasteiger partial charge >= 0.3 is 0 Å². The zero-order chi connectivity index (χ0) is 16.3. The van der Waals surface area contributed by atoms with Gasteiger partial charge in [0.1, 0.15) is 11.6 Å². The van der Waals surface area contributed by atoms with Crippen LogP contribution in [-0.4, -0.2) is 15.7 Å². The van der Waals surface area contributed by atoms with Crippen LogP contribution >= 0.6 is 23.2 Å². The number of hydrogen-bond donors (Lipinski definition) is 1. The van der Waals surface area contributed by atoms with E-state index in [1.165, 1.54) is 6.20 Å². The largest absolute Gasteiger partial charge is 0.348 e. The molecule has 0 radical (unpaired) electrons. The van der Waals surface area contributed by atoms with Gasteiger partial charge in [0, 0.05) is 0 Å². The molecule has 1 heterocycles. The summed E-state index contributed by atoms with van der Waals surface area (Å²) >= 11 is 11.4. The summed E-state index contributed by atoms with van der Waals surface area (Å²) in [5.74, 6) is -0.330. The van der Waals surface area contributed by atoms with Gasteiger partial charge < -0.3 is 5.32 Å². The van der Waals surface area contributed by atoms with Crippen molar-refractivity contribution in [1.82, 2.24) is 15.1 Å². The van der Waals surface area contributed by atoms with E-state index in [2.05, 4.69) is 10.4 Å². The summed E-state index contributed by atoms with van der Waals surface area (Å²) in [6.07, 6.45) is 1.24. The topological polar surface area (TPSA) is 64.0 Å². The summed E-state index contributed by atoms with van der Waals surface area (Å²) in [5.41, 5.74) is 1.51. The minimum atomic E-state index is -0.590. The minimum Gasteiger partial charge on any atom is -0.348 e. The molecule has 1 aromatic heterocycles. The minimum absolute atomic E-state index is 0.0663. The first-order chi connectivity index (χ1) is 10.4. The third kappa shape index (κ3) is 3.67. The fourth-order valence-electron chi connectivity index (χ4n) is 2.13. The van der Waals surface area contributed by atoms with Crippen LogP contribution in [0.4, 0.5) is 0 Å². The average Bonchev–Trinajstić information content (AvgIpc) is 2.48. The van der Waals surface area contributed by atoms with Gasteiger partial charge in [0.15, 0.2) is 0 Å². The quantitative estimate of drug-likeness (QED) is 0.931. The highest BCUT2D eigenvalue weighted by atomic mass is 35.5. The van der Waals surface area contributed by atoms with Crippen molar-refractivity contribution < 1.29 is 4.79 Å². The third-order valence-corrected chi connectivity index (χ3v) is 4.02. The Morgan fingerprint density at radius 2 is 2.05 bits per heavy atom. The van der Waals surface area contributed by atoms with Crippen LogP contribution in [0.15, 0.2) is 35.3 Å². The molecule has 0 fully saturated rings. The van der Waals surface area contributed by atoms with Gasteiger partial charge in [0.25, 0.3) is 5.56 Å². The molecule has 7 heteroatoms. The van der Waals surface area contributed by atoms with Crippen LogP contribution in [0.5, 0.6) is 0 Å². The molecule has 2 rings (SSSR count). The number of nitrogens with one attached hydrogen (secondary N) is 1. The first-order valence-corrected chi connectivity index (χ1v) is 7.41. The molecule has 1 N–H and O–H groups in total. The second kappa shape index (κ2) is 6.94. The summed E-state index contributed by atoms with van der Waals surface area (Å²) in [6, 6.07) is 7.60. The molecular formula is C15H15Cl2N3O2. The summed E-state index contributed by atoms with van der Waals surface area (Å²) < 4.78 is 0.980. The molecular weight excluding hydrogens is 325 g/mol. The summed E-state index contributed by atoms with van der Waals surface area (Å²) in [7, 11) is 0. The molecule has 1 amide bonds. The van der Waals surface area contributed by atoms with Crippen molar-refractivity contribution >= 4 is 29.1 Å². The predicted octanol–water partition coefficient (Wildman–Crippen LogP) is 2.74. The molecule has 0 spiro atoms. The van der Waals surface area contributed by atoms with Gasteiger partial charge in [0.2, 0.25) is 5.91 Å². The van der Waals surface area contributed by atoms with Crippen molar-refractivity contribution in [1.29, 1.82) is 0 Å². The Kier molecular flexibility index (Phi) is 5.21. The number of aryl methyl sites for hydroxylation is 1. The number of carbonyl (C=O) groups is 1. The Labute approximate surface area is 137 Å². The molecule has 5 nitrogen and oxygen atoms in total. The number of carbonyl (C=O) groups excluding carboxylic acids is 1. The second-order valence-corrected chi connectivity index (χ2v) is 5.70. The molecule has 0 aliphatic heterocycles. The molecule has 0 saturated carbocycles. The van der Waals surface area contributed by atoms with E-state index in [4.69, 9.17) is 23.2 Å². The lowest BCUT2D eigenvalue weighted by Gasteiger charge is -2.16.